The van der Waals surface area contributed by atoms with Gasteiger partial charge in [-0.3, -0.25) is 5.10 Å². The second-order valence-electron chi connectivity index (χ2n) is 4.81. The molecule has 112 valence electrons. The molecule has 6 nitrogen and oxygen atoms in total. The number of thiazole rings is 1. The predicted molar refractivity (Wildman–Crippen MR) is 88.3 cm³/mol. The molecule has 2 aromatic heterocycles. The summed E-state index contributed by atoms with van der Waals surface area (Å²) in [4.78, 5) is 16.4. The van der Waals surface area contributed by atoms with Crippen LogP contribution in [0.3, 0.4) is 0 Å². The van der Waals surface area contributed by atoms with Crippen molar-refractivity contribution in [3.63, 3.8) is 0 Å². The Morgan fingerprint density at radius 1 is 1.27 bits per heavy atom. The smallest absolute Gasteiger partial charge is 0.308 e. The lowest BCUT2D eigenvalue weighted by Crippen LogP contribution is -2.20. The first-order chi connectivity index (χ1) is 10.6. The lowest BCUT2D eigenvalue weighted by Gasteiger charge is -2.08. The number of carbonyl (C=O) groups excluding carboxylic acids is 1. The molecule has 0 aliphatic heterocycles. The third-order valence-electron chi connectivity index (χ3n) is 3.17. The minimum absolute atomic E-state index is 0.302. The van der Waals surface area contributed by atoms with Crippen LogP contribution in [0, 0.1) is 13.8 Å². The normalized spacial score (nSPS) is 10.5. The van der Waals surface area contributed by atoms with Gasteiger partial charge in [-0.05, 0) is 26.0 Å². The van der Waals surface area contributed by atoms with Crippen molar-refractivity contribution in [1.29, 1.82) is 0 Å². The minimum Gasteiger partial charge on any atom is -0.308 e. The Morgan fingerprint density at radius 3 is 2.82 bits per heavy atom. The minimum atomic E-state index is -0.302. The fraction of sp³-hybridized carbons (Fsp3) is 0.133. The van der Waals surface area contributed by atoms with Gasteiger partial charge in [-0.25, -0.2) is 9.78 Å². The second-order valence-corrected chi connectivity index (χ2v) is 5.70. The Hall–Kier alpha value is -2.67. The molecule has 0 fully saturated rings. The zero-order chi connectivity index (χ0) is 15.5. The molecule has 0 saturated heterocycles. The number of rotatable bonds is 3. The van der Waals surface area contributed by atoms with Gasteiger partial charge >= 0.3 is 6.03 Å². The zero-order valence-electron chi connectivity index (χ0n) is 12.2. The summed E-state index contributed by atoms with van der Waals surface area (Å²) in [5.41, 5.74) is 3.97. The number of nitrogens with zero attached hydrogens (tertiary/aromatic N) is 2. The molecule has 7 heteroatoms. The highest BCUT2D eigenvalue weighted by molar-refractivity contribution is 7.13. The standard InChI is InChI=1S/C15H15N5OS/c1-9-13(10(2)20-19-9)18-15(21)17-12-5-3-4-11(8-12)14-16-6-7-22-14/h3-8H,1-2H3,(H,19,20)(H2,17,18,21). The summed E-state index contributed by atoms with van der Waals surface area (Å²) in [5.74, 6) is 0. The van der Waals surface area contributed by atoms with Crippen molar-refractivity contribution < 1.29 is 4.79 Å². The van der Waals surface area contributed by atoms with E-state index in [-0.39, 0.29) is 6.03 Å². The topological polar surface area (TPSA) is 82.7 Å². The first kappa shape index (κ1) is 14.3. The van der Waals surface area contributed by atoms with Gasteiger partial charge in [0, 0.05) is 22.8 Å². The van der Waals surface area contributed by atoms with E-state index in [2.05, 4.69) is 25.8 Å². The highest BCUT2D eigenvalue weighted by Crippen LogP contribution is 2.24. The van der Waals surface area contributed by atoms with Crippen LogP contribution in [-0.4, -0.2) is 21.2 Å². The number of hydrogen-bond donors (Lipinski definition) is 3. The molecule has 0 saturated carbocycles. The molecule has 22 heavy (non-hydrogen) atoms. The number of urea groups is 1. The van der Waals surface area contributed by atoms with Crippen LogP contribution in [0.1, 0.15) is 11.4 Å². The monoisotopic (exact) mass is 313 g/mol. The number of aryl methyl sites for hydroxylation is 2. The third-order valence-corrected chi connectivity index (χ3v) is 3.99. The first-order valence-corrected chi connectivity index (χ1v) is 7.61. The second kappa shape index (κ2) is 5.98. The molecular formula is C15H15N5OS. The van der Waals surface area contributed by atoms with Gasteiger partial charge in [0.25, 0.3) is 0 Å². The van der Waals surface area contributed by atoms with Crippen LogP contribution in [0.15, 0.2) is 35.8 Å². The summed E-state index contributed by atoms with van der Waals surface area (Å²) < 4.78 is 0. The molecule has 0 radical (unpaired) electrons. The van der Waals surface area contributed by atoms with Gasteiger partial charge in [-0.15, -0.1) is 11.3 Å². The third kappa shape index (κ3) is 2.99. The number of carbonyl (C=O) groups is 1. The van der Waals surface area contributed by atoms with E-state index in [1.807, 2.05) is 43.5 Å². The van der Waals surface area contributed by atoms with Crippen molar-refractivity contribution in [3.05, 3.63) is 47.2 Å². The molecule has 3 rings (SSSR count). The summed E-state index contributed by atoms with van der Waals surface area (Å²) >= 11 is 1.56. The van der Waals surface area contributed by atoms with Crippen LogP contribution in [0.5, 0.6) is 0 Å². The molecule has 0 unspecified atom stereocenters. The zero-order valence-corrected chi connectivity index (χ0v) is 13.0. The first-order valence-electron chi connectivity index (χ1n) is 6.73. The van der Waals surface area contributed by atoms with Gasteiger partial charge in [-0.2, -0.15) is 5.10 Å². The Morgan fingerprint density at radius 2 is 2.14 bits per heavy atom. The van der Waals surface area contributed by atoms with Crippen LogP contribution in [0.2, 0.25) is 0 Å². The number of anilines is 2. The molecule has 2 heterocycles. The highest BCUT2D eigenvalue weighted by Gasteiger charge is 2.10. The fourth-order valence-electron chi connectivity index (χ4n) is 2.11. The summed E-state index contributed by atoms with van der Waals surface area (Å²) in [7, 11) is 0. The van der Waals surface area contributed by atoms with E-state index in [1.54, 1.807) is 17.5 Å². The van der Waals surface area contributed by atoms with Gasteiger partial charge in [0.15, 0.2) is 0 Å². The average Bonchev–Trinajstić information content (AvgIpc) is 3.13. The maximum absolute atomic E-state index is 12.1. The molecule has 2 amide bonds. The van der Waals surface area contributed by atoms with E-state index < -0.39 is 0 Å². The van der Waals surface area contributed by atoms with Crippen molar-refractivity contribution in [2.24, 2.45) is 0 Å². The summed E-state index contributed by atoms with van der Waals surface area (Å²) in [6.45, 7) is 3.70. The number of benzene rings is 1. The maximum atomic E-state index is 12.1. The molecule has 0 aliphatic rings. The Labute approximate surface area is 131 Å². The molecule has 3 N–H and O–H groups in total. The van der Waals surface area contributed by atoms with Gasteiger partial charge in [-0.1, -0.05) is 12.1 Å². The number of amides is 2. The lowest BCUT2D eigenvalue weighted by molar-refractivity contribution is 0.262. The summed E-state index contributed by atoms with van der Waals surface area (Å²) in [6.07, 6.45) is 1.76. The van der Waals surface area contributed by atoms with Gasteiger partial charge < -0.3 is 10.6 Å². The maximum Gasteiger partial charge on any atom is 0.323 e. The molecule has 0 spiro atoms. The van der Waals surface area contributed by atoms with Crippen LogP contribution < -0.4 is 10.6 Å². The molecule has 0 atom stereocenters. The van der Waals surface area contributed by atoms with Crippen LogP contribution >= 0.6 is 11.3 Å². The lowest BCUT2D eigenvalue weighted by atomic mass is 10.2. The number of nitrogens with one attached hydrogen (secondary N) is 3. The quantitative estimate of drug-likeness (QED) is 0.688. The predicted octanol–water partition coefficient (Wildman–Crippen LogP) is 3.79. The SMILES string of the molecule is Cc1n[nH]c(C)c1NC(=O)Nc1cccc(-c2nccs2)c1. The van der Waals surface area contributed by atoms with Gasteiger partial charge in [0.1, 0.15) is 5.01 Å². The molecule has 0 bridgehead atoms. The van der Waals surface area contributed by atoms with Gasteiger partial charge in [0.2, 0.25) is 0 Å². The van der Waals surface area contributed by atoms with Crippen LogP contribution in [0.4, 0.5) is 16.2 Å². The molecule has 0 aliphatic carbocycles. The van der Waals surface area contributed by atoms with Crippen LogP contribution in [0.25, 0.3) is 10.6 Å². The Kier molecular flexibility index (Phi) is 3.88. The van der Waals surface area contributed by atoms with E-state index in [0.29, 0.717) is 11.4 Å². The van der Waals surface area contributed by atoms with E-state index in [1.165, 1.54) is 0 Å². The summed E-state index contributed by atoms with van der Waals surface area (Å²) in [5, 5.41) is 15.4. The van der Waals surface area contributed by atoms with E-state index in [0.717, 1.165) is 22.0 Å². The van der Waals surface area contributed by atoms with Crippen molar-refractivity contribution >= 4 is 28.7 Å². The number of H-pyrrole nitrogens is 1. The number of aromatic amines is 1. The Balaban J connectivity index is 1.73. The average molecular weight is 313 g/mol. The van der Waals surface area contributed by atoms with Crippen molar-refractivity contribution in [2.45, 2.75) is 13.8 Å². The van der Waals surface area contributed by atoms with E-state index >= 15 is 0 Å². The van der Waals surface area contributed by atoms with E-state index in [4.69, 9.17) is 0 Å². The molecule has 1 aromatic carbocycles. The highest BCUT2D eigenvalue weighted by atomic mass is 32.1. The number of hydrogen-bond acceptors (Lipinski definition) is 4. The van der Waals surface area contributed by atoms with Crippen molar-refractivity contribution in [3.8, 4) is 10.6 Å². The van der Waals surface area contributed by atoms with Gasteiger partial charge in [0.05, 0.1) is 17.1 Å². The van der Waals surface area contributed by atoms with Crippen molar-refractivity contribution in [1.82, 2.24) is 15.2 Å². The molecular weight excluding hydrogens is 298 g/mol. The van der Waals surface area contributed by atoms with Crippen LogP contribution in [-0.2, 0) is 0 Å². The molecule has 3 aromatic rings. The fourth-order valence-corrected chi connectivity index (χ4v) is 2.74. The largest absolute Gasteiger partial charge is 0.323 e. The van der Waals surface area contributed by atoms with Crippen molar-refractivity contribution in [2.75, 3.05) is 10.6 Å². The summed E-state index contributed by atoms with van der Waals surface area (Å²) in [6, 6.07) is 7.29. The Bertz CT molecular complexity index is 775. The van der Waals surface area contributed by atoms with E-state index in [9.17, 15) is 4.79 Å². The number of aromatic nitrogens is 3.